The highest BCUT2D eigenvalue weighted by Gasteiger charge is 2.34. The largest absolute Gasteiger partial charge is 0.478 e. The van der Waals surface area contributed by atoms with Crippen molar-refractivity contribution in [2.75, 3.05) is 7.05 Å². The van der Waals surface area contributed by atoms with Crippen LogP contribution >= 0.6 is 23.2 Å². The highest BCUT2D eigenvalue weighted by Crippen LogP contribution is 2.34. The maximum atomic E-state index is 12.5. The number of hydrogen-bond acceptors (Lipinski definition) is 3. The number of aromatic carboxylic acids is 1. The van der Waals surface area contributed by atoms with Gasteiger partial charge in [0.15, 0.2) is 0 Å². The molecule has 1 aromatic rings. The average molecular weight is 338 g/mol. The van der Waals surface area contributed by atoms with Gasteiger partial charge in [-0.25, -0.2) is 13.2 Å². The minimum atomic E-state index is -3.85. The molecule has 1 fully saturated rings. The van der Waals surface area contributed by atoms with Crippen LogP contribution < -0.4 is 0 Å². The van der Waals surface area contributed by atoms with Gasteiger partial charge in [0.1, 0.15) is 4.90 Å². The molecule has 0 bridgehead atoms. The van der Waals surface area contributed by atoms with Crippen LogP contribution in [0.2, 0.25) is 10.0 Å². The number of halogens is 2. The van der Waals surface area contributed by atoms with Crippen molar-refractivity contribution in [1.82, 2.24) is 4.31 Å². The second kappa shape index (κ2) is 5.52. The fourth-order valence-corrected chi connectivity index (χ4v) is 4.30. The number of carbonyl (C=O) groups is 1. The molecule has 1 aromatic carbocycles. The van der Waals surface area contributed by atoms with Gasteiger partial charge in [0.25, 0.3) is 0 Å². The van der Waals surface area contributed by atoms with Gasteiger partial charge in [-0.2, -0.15) is 4.31 Å². The van der Waals surface area contributed by atoms with E-state index in [-0.39, 0.29) is 26.5 Å². The number of hydrogen-bond donors (Lipinski definition) is 1. The van der Waals surface area contributed by atoms with Gasteiger partial charge in [0.2, 0.25) is 10.0 Å². The van der Waals surface area contributed by atoms with E-state index in [1.807, 2.05) is 0 Å². The summed E-state index contributed by atoms with van der Waals surface area (Å²) in [5, 5.41) is 8.74. The Labute approximate surface area is 127 Å². The maximum Gasteiger partial charge on any atom is 0.337 e. The van der Waals surface area contributed by atoms with Crippen LogP contribution in [0.15, 0.2) is 17.0 Å². The molecule has 0 radical (unpaired) electrons. The first-order valence-corrected chi connectivity index (χ1v) is 8.15. The fraction of sp³-hybridized carbons (Fsp3) is 0.417. The Morgan fingerprint density at radius 1 is 1.35 bits per heavy atom. The molecule has 0 saturated heterocycles. The maximum absolute atomic E-state index is 12.5. The SMILES string of the molecule is CN(C1CCC1)S(=O)(=O)c1cc(Cl)cc(C(=O)O)c1Cl. The molecule has 0 aromatic heterocycles. The fourth-order valence-electron chi connectivity index (χ4n) is 2.01. The third-order valence-electron chi connectivity index (χ3n) is 3.48. The number of nitrogens with zero attached hydrogens (tertiary/aromatic N) is 1. The van der Waals surface area contributed by atoms with Gasteiger partial charge >= 0.3 is 5.97 Å². The van der Waals surface area contributed by atoms with Gasteiger partial charge in [-0.3, -0.25) is 0 Å². The lowest BCUT2D eigenvalue weighted by molar-refractivity contribution is 0.0697. The van der Waals surface area contributed by atoms with Crippen molar-refractivity contribution in [3.05, 3.63) is 27.7 Å². The molecule has 2 rings (SSSR count). The van der Waals surface area contributed by atoms with Crippen LogP contribution in [0.3, 0.4) is 0 Å². The number of rotatable bonds is 4. The predicted molar refractivity (Wildman–Crippen MR) is 76.0 cm³/mol. The van der Waals surface area contributed by atoms with Crippen LogP contribution in [0.25, 0.3) is 0 Å². The van der Waals surface area contributed by atoms with Gasteiger partial charge in [0.05, 0.1) is 10.6 Å². The molecule has 1 aliphatic rings. The normalized spacial score (nSPS) is 16.2. The van der Waals surface area contributed by atoms with Crippen LogP contribution in [0.4, 0.5) is 0 Å². The predicted octanol–water partition coefficient (Wildman–Crippen LogP) is 2.86. The Bertz CT molecular complexity index is 656. The zero-order chi connectivity index (χ0) is 15.1. The van der Waals surface area contributed by atoms with E-state index in [0.29, 0.717) is 0 Å². The molecule has 20 heavy (non-hydrogen) atoms. The third-order valence-corrected chi connectivity index (χ3v) is 6.15. The summed E-state index contributed by atoms with van der Waals surface area (Å²) < 4.78 is 26.2. The van der Waals surface area contributed by atoms with E-state index < -0.39 is 16.0 Å². The lowest BCUT2D eigenvalue weighted by Gasteiger charge is -2.34. The molecular weight excluding hydrogens is 325 g/mol. The first-order valence-electron chi connectivity index (χ1n) is 5.95. The van der Waals surface area contributed by atoms with Gasteiger partial charge < -0.3 is 5.11 Å². The molecule has 0 unspecified atom stereocenters. The Kier molecular flexibility index (Phi) is 4.30. The topological polar surface area (TPSA) is 74.7 Å². The van der Waals surface area contributed by atoms with Crippen LogP contribution in [0, 0.1) is 0 Å². The van der Waals surface area contributed by atoms with Crippen molar-refractivity contribution >= 4 is 39.2 Å². The lowest BCUT2D eigenvalue weighted by Crippen LogP contribution is -2.41. The Morgan fingerprint density at radius 2 is 1.95 bits per heavy atom. The molecular formula is C12H13Cl2NO4S. The standard InChI is InChI=1S/C12H13Cl2NO4S/c1-15(8-3-2-4-8)20(18,19)10-6-7(13)5-9(11(10)14)12(16)17/h5-6,8H,2-4H2,1H3,(H,16,17). The summed E-state index contributed by atoms with van der Waals surface area (Å²) in [6, 6.07) is 2.25. The van der Waals surface area contributed by atoms with Crippen molar-refractivity contribution < 1.29 is 18.3 Å². The van der Waals surface area contributed by atoms with E-state index >= 15 is 0 Å². The zero-order valence-electron chi connectivity index (χ0n) is 10.6. The summed E-state index contributed by atoms with van der Waals surface area (Å²) in [5.74, 6) is -1.32. The van der Waals surface area contributed by atoms with E-state index in [0.717, 1.165) is 25.3 Å². The highest BCUT2D eigenvalue weighted by atomic mass is 35.5. The Morgan fingerprint density at radius 3 is 2.40 bits per heavy atom. The molecule has 1 N–H and O–H groups in total. The van der Waals surface area contributed by atoms with Crippen molar-refractivity contribution in [1.29, 1.82) is 0 Å². The average Bonchev–Trinajstić information content (AvgIpc) is 2.28. The number of sulfonamides is 1. The quantitative estimate of drug-likeness (QED) is 0.916. The lowest BCUT2D eigenvalue weighted by atomic mass is 9.94. The summed E-state index contributed by atoms with van der Waals surface area (Å²) in [6.45, 7) is 0. The zero-order valence-corrected chi connectivity index (χ0v) is 13.0. The van der Waals surface area contributed by atoms with Crippen LogP contribution in [-0.2, 0) is 10.0 Å². The number of carboxylic acid groups (broad SMARTS) is 1. The second-order valence-corrected chi connectivity index (χ2v) is 7.46. The van der Waals surface area contributed by atoms with E-state index in [9.17, 15) is 13.2 Å². The van der Waals surface area contributed by atoms with Crippen LogP contribution in [-0.4, -0.2) is 36.9 Å². The van der Waals surface area contributed by atoms with E-state index in [2.05, 4.69) is 0 Å². The summed E-state index contributed by atoms with van der Waals surface area (Å²) in [7, 11) is -2.39. The second-order valence-electron chi connectivity index (χ2n) is 4.68. The number of benzene rings is 1. The first-order chi connectivity index (χ1) is 9.25. The molecule has 0 spiro atoms. The third kappa shape index (κ3) is 2.65. The highest BCUT2D eigenvalue weighted by molar-refractivity contribution is 7.89. The molecule has 0 heterocycles. The van der Waals surface area contributed by atoms with E-state index in [1.165, 1.54) is 17.4 Å². The van der Waals surface area contributed by atoms with E-state index in [1.54, 1.807) is 0 Å². The number of carboxylic acids is 1. The van der Waals surface area contributed by atoms with Crippen molar-refractivity contribution in [3.8, 4) is 0 Å². The van der Waals surface area contributed by atoms with Gasteiger partial charge in [-0.05, 0) is 25.0 Å². The van der Waals surface area contributed by atoms with Gasteiger partial charge in [-0.1, -0.05) is 29.6 Å². The minimum absolute atomic E-state index is 0.0207. The molecule has 110 valence electrons. The molecule has 0 aliphatic heterocycles. The van der Waals surface area contributed by atoms with Crippen LogP contribution in [0.1, 0.15) is 29.6 Å². The molecule has 0 atom stereocenters. The summed E-state index contributed by atoms with van der Waals surface area (Å²) in [6.07, 6.45) is 2.56. The molecule has 8 heteroatoms. The minimum Gasteiger partial charge on any atom is -0.478 e. The first kappa shape index (κ1) is 15.6. The monoisotopic (exact) mass is 337 g/mol. The van der Waals surface area contributed by atoms with Crippen molar-refractivity contribution in [2.45, 2.75) is 30.2 Å². The van der Waals surface area contributed by atoms with Crippen molar-refractivity contribution in [2.24, 2.45) is 0 Å². The summed E-state index contributed by atoms with van der Waals surface area (Å²) in [4.78, 5) is 10.8. The van der Waals surface area contributed by atoms with Crippen molar-refractivity contribution in [3.63, 3.8) is 0 Å². The Balaban J connectivity index is 2.53. The molecule has 5 nitrogen and oxygen atoms in total. The Hall–Kier alpha value is -0.820. The summed E-state index contributed by atoms with van der Waals surface area (Å²) in [5.41, 5.74) is -0.320. The molecule has 1 saturated carbocycles. The van der Waals surface area contributed by atoms with Gasteiger partial charge in [-0.15, -0.1) is 0 Å². The van der Waals surface area contributed by atoms with E-state index in [4.69, 9.17) is 28.3 Å². The van der Waals surface area contributed by atoms with Crippen LogP contribution in [0.5, 0.6) is 0 Å². The molecule has 1 aliphatic carbocycles. The van der Waals surface area contributed by atoms with Gasteiger partial charge in [0, 0.05) is 18.1 Å². The summed E-state index contributed by atoms with van der Waals surface area (Å²) >= 11 is 11.7. The smallest absolute Gasteiger partial charge is 0.337 e. The molecule has 0 amide bonds.